The zero-order chi connectivity index (χ0) is 18.4. The van der Waals surface area contributed by atoms with Gasteiger partial charge in [-0.25, -0.2) is 13.2 Å². The molecule has 0 heterocycles. The number of sulfonamides is 1. The fourth-order valence-corrected chi connectivity index (χ4v) is 3.59. The smallest absolute Gasteiger partial charge is 0.328 e. The Morgan fingerprint density at radius 2 is 1.68 bits per heavy atom. The second-order valence-electron chi connectivity index (χ2n) is 5.00. The molecule has 0 radical (unpaired) electrons. The number of carbonyl (C=O) groups is 1. The fraction of sp³-hybridized carbons (Fsp3) is 0.235. The molecule has 1 unspecified atom stereocenters. The van der Waals surface area contributed by atoms with Crippen molar-refractivity contribution in [1.82, 2.24) is 4.72 Å². The van der Waals surface area contributed by atoms with E-state index in [0.29, 0.717) is 11.3 Å². The third-order valence-electron chi connectivity index (χ3n) is 3.50. The van der Waals surface area contributed by atoms with Crippen LogP contribution in [0.4, 0.5) is 0 Å². The van der Waals surface area contributed by atoms with Gasteiger partial charge < -0.3 is 14.2 Å². The Balaban J connectivity index is 2.46. The maximum Gasteiger partial charge on any atom is 0.328 e. The second-order valence-corrected chi connectivity index (χ2v) is 6.69. The molecule has 7 nitrogen and oxygen atoms in total. The topological polar surface area (TPSA) is 90.9 Å². The predicted molar refractivity (Wildman–Crippen MR) is 91.1 cm³/mol. The van der Waals surface area contributed by atoms with E-state index in [4.69, 9.17) is 14.2 Å². The number of hydrogen-bond donors (Lipinski definition) is 1. The highest BCUT2D eigenvalue weighted by Gasteiger charge is 2.30. The van der Waals surface area contributed by atoms with E-state index in [2.05, 4.69) is 4.72 Å². The first kappa shape index (κ1) is 18.8. The molecule has 0 amide bonds. The summed E-state index contributed by atoms with van der Waals surface area (Å²) >= 11 is 0. The van der Waals surface area contributed by atoms with Gasteiger partial charge in [-0.05, 0) is 17.7 Å². The van der Waals surface area contributed by atoms with Gasteiger partial charge >= 0.3 is 5.97 Å². The molecule has 0 fully saturated rings. The molecule has 2 aromatic carbocycles. The summed E-state index contributed by atoms with van der Waals surface area (Å²) in [5.74, 6) is -0.253. The maximum absolute atomic E-state index is 12.8. The summed E-state index contributed by atoms with van der Waals surface area (Å²) in [5, 5.41) is 0. The number of benzene rings is 2. The number of ether oxygens (including phenoxy) is 3. The molecule has 1 N–H and O–H groups in total. The molecule has 25 heavy (non-hydrogen) atoms. The van der Waals surface area contributed by atoms with Crippen molar-refractivity contribution in [2.75, 3.05) is 21.3 Å². The van der Waals surface area contributed by atoms with Crippen molar-refractivity contribution < 1.29 is 27.4 Å². The number of methoxy groups -OCH3 is 3. The minimum Gasteiger partial charge on any atom is -0.497 e. The van der Waals surface area contributed by atoms with E-state index in [1.807, 2.05) is 0 Å². The molecule has 0 aliphatic carbocycles. The lowest BCUT2D eigenvalue weighted by Crippen LogP contribution is -2.34. The molecule has 0 spiro atoms. The zero-order valence-electron chi connectivity index (χ0n) is 14.1. The molecule has 2 rings (SSSR count). The van der Waals surface area contributed by atoms with E-state index in [1.54, 1.807) is 36.4 Å². The third kappa shape index (κ3) is 4.28. The fourth-order valence-electron chi connectivity index (χ4n) is 2.23. The van der Waals surface area contributed by atoms with Crippen molar-refractivity contribution in [3.63, 3.8) is 0 Å². The van der Waals surface area contributed by atoms with E-state index >= 15 is 0 Å². The van der Waals surface area contributed by atoms with E-state index in [0.717, 1.165) is 0 Å². The molecule has 2 aromatic rings. The average molecular weight is 365 g/mol. The molecule has 1 atom stereocenters. The summed E-state index contributed by atoms with van der Waals surface area (Å²) in [4.78, 5) is 12.0. The van der Waals surface area contributed by atoms with Crippen LogP contribution >= 0.6 is 0 Å². The summed E-state index contributed by atoms with van der Waals surface area (Å²) in [7, 11) is -0.120. The van der Waals surface area contributed by atoms with Crippen LogP contribution < -0.4 is 14.2 Å². The first-order valence-corrected chi connectivity index (χ1v) is 8.78. The van der Waals surface area contributed by atoms with Crippen molar-refractivity contribution in [1.29, 1.82) is 0 Å². The maximum atomic E-state index is 12.8. The van der Waals surface area contributed by atoms with Crippen molar-refractivity contribution in [3.05, 3.63) is 54.1 Å². The molecule has 0 aliphatic rings. The lowest BCUT2D eigenvalue weighted by Gasteiger charge is -2.18. The van der Waals surface area contributed by atoms with E-state index in [9.17, 15) is 13.2 Å². The van der Waals surface area contributed by atoms with Gasteiger partial charge in [0.2, 0.25) is 10.0 Å². The summed E-state index contributed by atoms with van der Waals surface area (Å²) < 4.78 is 42.9. The number of rotatable bonds is 7. The van der Waals surface area contributed by atoms with E-state index < -0.39 is 22.0 Å². The Morgan fingerprint density at radius 3 is 2.24 bits per heavy atom. The summed E-state index contributed by atoms with van der Waals surface area (Å²) in [5.41, 5.74) is 0.458. The summed E-state index contributed by atoms with van der Waals surface area (Å²) in [6.07, 6.45) is 0. The van der Waals surface area contributed by atoms with Gasteiger partial charge in [-0.15, -0.1) is 0 Å². The minimum absolute atomic E-state index is 0.130. The molecule has 0 saturated heterocycles. The van der Waals surface area contributed by atoms with Gasteiger partial charge in [-0.2, -0.15) is 4.72 Å². The summed E-state index contributed by atoms with van der Waals surface area (Å²) in [6, 6.07) is 11.6. The van der Waals surface area contributed by atoms with Gasteiger partial charge in [0.15, 0.2) is 0 Å². The second kappa shape index (κ2) is 8.00. The molecule has 0 aromatic heterocycles. The van der Waals surface area contributed by atoms with Crippen LogP contribution in [0.25, 0.3) is 0 Å². The molecular weight excluding hydrogens is 346 g/mol. The Kier molecular flexibility index (Phi) is 6.00. The molecule has 0 saturated carbocycles. The Bertz CT molecular complexity index is 835. The number of hydrogen-bond acceptors (Lipinski definition) is 6. The largest absolute Gasteiger partial charge is 0.497 e. The number of esters is 1. The molecule has 0 aliphatic heterocycles. The van der Waals surface area contributed by atoms with Crippen LogP contribution in [0.15, 0.2) is 53.4 Å². The van der Waals surface area contributed by atoms with Crippen molar-refractivity contribution in [2.24, 2.45) is 0 Å². The highest BCUT2D eigenvalue weighted by atomic mass is 32.2. The van der Waals surface area contributed by atoms with Gasteiger partial charge in [0.25, 0.3) is 0 Å². The molecule has 0 bridgehead atoms. The van der Waals surface area contributed by atoms with Crippen LogP contribution in [-0.2, 0) is 19.6 Å². The van der Waals surface area contributed by atoms with Gasteiger partial charge in [0.1, 0.15) is 22.4 Å². The predicted octanol–water partition coefficient (Wildman–Crippen LogP) is 1.90. The summed E-state index contributed by atoms with van der Waals surface area (Å²) in [6.45, 7) is 0. The molecule has 134 valence electrons. The van der Waals surface area contributed by atoms with Gasteiger partial charge in [0, 0.05) is 6.07 Å². The van der Waals surface area contributed by atoms with Crippen LogP contribution in [-0.4, -0.2) is 35.7 Å². The van der Waals surface area contributed by atoms with Crippen LogP contribution in [0.5, 0.6) is 11.5 Å². The Labute approximate surface area is 146 Å². The van der Waals surface area contributed by atoms with Gasteiger partial charge in [0.05, 0.1) is 21.3 Å². The van der Waals surface area contributed by atoms with Crippen LogP contribution in [0.3, 0.4) is 0 Å². The third-order valence-corrected chi connectivity index (χ3v) is 4.95. The van der Waals surface area contributed by atoms with Crippen molar-refractivity contribution >= 4 is 16.0 Å². The van der Waals surface area contributed by atoms with Crippen molar-refractivity contribution in [3.8, 4) is 11.5 Å². The Morgan fingerprint density at radius 1 is 1.00 bits per heavy atom. The highest BCUT2D eigenvalue weighted by molar-refractivity contribution is 7.89. The SMILES string of the molecule is COC(=O)C(NS(=O)(=O)c1cc(OC)ccc1OC)c1ccccc1. The van der Waals surface area contributed by atoms with Gasteiger partial charge in [-0.1, -0.05) is 30.3 Å². The lowest BCUT2D eigenvalue weighted by atomic mass is 10.1. The highest BCUT2D eigenvalue weighted by Crippen LogP contribution is 2.29. The first-order chi connectivity index (χ1) is 11.9. The average Bonchev–Trinajstić information content (AvgIpc) is 2.65. The quantitative estimate of drug-likeness (QED) is 0.754. The lowest BCUT2D eigenvalue weighted by molar-refractivity contribution is -0.142. The standard InChI is InChI=1S/C17H19NO6S/c1-22-13-9-10-14(23-2)15(11-13)25(20,21)18-16(17(19)24-3)12-7-5-4-6-8-12/h4-11,16,18H,1-3H3. The van der Waals surface area contributed by atoms with Crippen molar-refractivity contribution in [2.45, 2.75) is 10.9 Å². The number of nitrogens with one attached hydrogen (secondary N) is 1. The zero-order valence-corrected chi connectivity index (χ0v) is 14.9. The van der Waals surface area contributed by atoms with Crippen LogP contribution in [0.1, 0.15) is 11.6 Å². The van der Waals surface area contributed by atoms with E-state index in [-0.39, 0.29) is 10.6 Å². The normalized spacial score (nSPS) is 12.3. The number of carbonyl (C=O) groups excluding carboxylic acids is 1. The first-order valence-electron chi connectivity index (χ1n) is 7.30. The van der Waals surface area contributed by atoms with Crippen LogP contribution in [0, 0.1) is 0 Å². The molecule has 8 heteroatoms. The molecular formula is C17H19NO6S. The monoisotopic (exact) mass is 365 g/mol. The Hall–Kier alpha value is -2.58. The van der Waals surface area contributed by atoms with Gasteiger partial charge in [-0.3, -0.25) is 0 Å². The van der Waals surface area contributed by atoms with E-state index in [1.165, 1.54) is 33.5 Å². The minimum atomic E-state index is -4.09. The van der Waals surface area contributed by atoms with Crippen LogP contribution in [0.2, 0.25) is 0 Å².